The Hall–Kier alpha value is -1.47. The van der Waals surface area contributed by atoms with Crippen LogP contribution in [0.15, 0.2) is 0 Å². The average molecular weight is 294 g/mol. The van der Waals surface area contributed by atoms with Crippen LogP contribution in [0.1, 0.15) is 37.2 Å². The fourth-order valence-corrected chi connectivity index (χ4v) is 2.45. The van der Waals surface area contributed by atoms with E-state index in [0.29, 0.717) is 6.54 Å². The van der Waals surface area contributed by atoms with Gasteiger partial charge in [-0.05, 0) is 20.9 Å². The summed E-state index contributed by atoms with van der Waals surface area (Å²) in [4.78, 5) is 21.0. The summed E-state index contributed by atoms with van der Waals surface area (Å²) in [6, 6.07) is 0. The second-order valence-electron chi connectivity index (χ2n) is 6.24. The van der Waals surface area contributed by atoms with Crippen molar-refractivity contribution in [2.24, 2.45) is 0 Å². The van der Waals surface area contributed by atoms with Crippen molar-refractivity contribution < 1.29 is 4.79 Å². The standard InChI is InChI=1S/C14H26N6O/c1-5-11-16-12(18-17-11)13(21)15-10-14(2,3)20-8-6-19(4)7-9-20/h5-10H2,1-4H3,(H,15,21)(H,16,17,18). The van der Waals surface area contributed by atoms with Crippen molar-refractivity contribution in [2.75, 3.05) is 39.8 Å². The quantitative estimate of drug-likeness (QED) is 0.807. The molecule has 0 saturated carbocycles. The minimum absolute atomic E-state index is 0.0686. The van der Waals surface area contributed by atoms with Gasteiger partial charge in [-0.15, -0.1) is 5.10 Å². The SMILES string of the molecule is CCc1nc(C(=O)NCC(C)(C)N2CCN(C)CC2)n[nH]1. The zero-order valence-corrected chi connectivity index (χ0v) is 13.4. The first kappa shape index (κ1) is 15.9. The van der Waals surface area contributed by atoms with Gasteiger partial charge in [-0.2, -0.15) is 0 Å². The molecule has 21 heavy (non-hydrogen) atoms. The highest BCUT2D eigenvalue weighted by Crippen LogP contribution is 2.15. The van der Waals surface area contributed by atoms with Gasteiger partial charge in [-0.1, -0.05) is 6.92 Å². The molecule has 1 aromatic rings. The number of H-pyrrole nitrogens is 1. The number of rotatable bonds is 5. The summed E-state index contributed by atoms with van der Waals surface area (Å²) in [6.07, 6.45) is 0.743. The van der Waals surface area contributed by atoms with Crippen molar-refractivity contribution in [1.82, 2.24) is 30.3 Å². The Bertz CT molecular complexity index is 476. The van der Waals surface area contributed by atoms with Crippen molar-refractivity contribution in [3.8, 4) is 0 Å². The van der Waals surface area contributed by atoms with Crippen LogP contribution < -0.4 is 5.32 Å². The lowest BCUT2D eigenvalue weighted by Gasteiger charge is -2.43. The van der Waals surface area contributed by atoms with E-state index in [1.807, 2.05) is 6.92 Å². The monoisotopic (exact) mass is 294 g/mol. The molecule has 2 rings (SSSR count). The number of carbonyl (C=O) groups is 1. The Balaban J connectivity index is 1.87. The third kappa shape index (κ3) is 4.01. The second-order valence-corrected chi connectivity index (χ2v) is 6.24. The molecule has 0 atom stereocenters. The van der Waals surface area contributed by atoms with E-state index in [0.717, 1.165) is 38.4 Å². The summed E-state index contributed by atoms with van der Waals surface area (Å²) in [6.45, 7) is 11.1. The van der Waals surface area contributed by atoms with Crippen molar-refractivity contribution >= 4 is 5.91 Å². The maximum atomic E-state index is 12.1. The molecule has 1 aliphatic rings. The van der Waals surface area contributed by atoms with Gasteiger partial charge in [-0.25, -0.2) is 4.98 Å². The van der Waals surface area contributed by atoms with E-state index >= 15 is 0 Å². The van der Waals surface area contributed by atoms with E-state index in [9.17, 15) is 4.79 Å². The molecule has 2 heterocycles. The summed E-state index contributed by atoms with van der Waals surface area (Å²) in [7, 11) is 2.14. The molecule has 7 heteroatoms. The lowest BCUT2D eigenvalue weighted by atomic mass is 10.0. The molecule has 1 aromatic heterocycles. The molecule has 0 spiro atoms. The van der Waals surface area contributed by atoms with Gasteiger partial charge in [0.05, 0.1) is 0 Å². The number of nitrogens with zero attached hydrogens (tertiary/aromatic N) is 4. The number of piperazine rings is 1. The van der Waals surface area contributed by atoms with Gasteiger partial charge in [0, 0.05) is 44.7 Å². The van der Waals surface area contributed by atoms with Gasteiger partial charge in [0.1, 0.15) is 5.82 Å². The number of hydrogen-bond donors (Lipinski definition) is 2. The van der Waals surface area contributed by atoms with Crippen LogP contribution in [0.4, 0.5) is 0 Å². The van der Waals surface area contributed by atoms with E-state index in [2.05, 4.69) is 51.2 Å². The predicted molar refractivity (Wildman–Crippen MR) is 81.2 cm³/mol. The Morgan fingerprint density at radius 2 is 2.00 bits per heavy atom. The minimum atomic E-state index is -0.215. The van der Waals surface area contributed by atoms with Crippen molar-refractivity contribution in [1.29, 1.82) is 0 Å². The second kappa shape index (κ2) is 6.53. The highest BCUT2D eigenvalue weighted by molar-refractivity contribution is 5.90. The number of aryl methyl sites for hydroxylation is 1. The molecular weight excluding hydrogens is 268 g/mol. The Morgan fingerprint density at radius 3 is 2.57 bits per heavy atom. The lowest BCUT2D eigenvalue weighted by molar-refractivity contribution is 0.0586. The van der Waals surface area contributed by atoms with Crippen LogP contribution in [0.25, 0.3) is 0 Å². The molecular formula is C14H26N6O. The van der Waals surface area contributed by atoms with Gasteiger partial charge in [0.15, 0.2) is 0 Å². The van der Waals surface area contributed by atoms with Crippen LogP contribution in [-0.2, 0) is 6.42 Å². The van der Waals surface area contributed by atoms with Crippen LogP contribution in [0.3, 0.4) is 0 Å². The fraction of sp³-hybridized carbons (Fsp3) is 0.786. The number of carbonyl (C=O) groups excluding carboxylic acids is 1. The summed E-state index contributed by atoms with van der Waals surface area (Å²) >= 11 is 0. The van der Waals surface area contributed by atoms with Crippen molar-refractivity contribution in [3.63, 3.8) is 0 Å². The molecule has 1 fully saturated rings. The van der Waals surface area contributed by atoms with E-state index in [1.54, 1.807) is 0 Å². The predicted octanol–water partition coefficient (Wildman–Crippen LogP) is 0.123. The number of aromatic amines is 1. The van der Waals surface area contributed by atoms with Crippen molar-refractivity contribution in [2.45, 2.75) is 32.7 Å². The molecule has 2 N–H and O–H groups in total. The zero-order valence-electron chi connectivity index (χ0n) is 13.4. The number of likely N-dealkylation sites (N-methyl/N-ethyl adjacent to an activating group) is 1. The molecule has 0 bridgehead atoms. The van der Waals surface area contributed by atoms with Crippen LogP contribution in [0.2, 0.25) is 0 Å². The summed E-state index contributed by atoms with van der Waals surface area (Å²) in [5, 5.41) is 9.65. The Kier molecular flexibility index (Phi) is 4.95. The van der Waals surface area contributed by atoms with E-state index in [4.69, 9.17) is 0 Å². The minimum Gasteiger partial charge on any atom is -0.347 e. The summed E-state index contributed by atoms with van der Waals surface area (Å²) in [5.74, 6) is 0.743. The molecule has 1 amide bonds. The molecule has 1 saturated heterocycles. The smallest absolute Gasteiger partial charge is 0.291 e. The Labute approximate surface area is 126 Å². The molecule has 1 aliphatic heterocycles. The largest absolute Gasteiger partial charge is 0.347 e. The third-order valence-electron chi connectivity index (χ3n) is 4.11. The molecule has 7 nitrogen and oxygen atoms in total. The maximum absolute atomic E-state index is 12.1. The highest BCUT2D eigenvalue weighted by atomic mass is 16.2. The average Bonchev–Trinajstić information content (AvgIpc) is 2.94. The molecule has 0 aromatic carbocycles. The number of nitrogens with one attached hydrogen (secondary N) is 2. The molecule has 118 valence electrons. The fourth-order valence-electron chi connectivity index (χ4n) is 2.45. The number of aromatic nitrogens is 3. The summed E-state index contributed by atoms with van der Waals surface area (Å²) < 4.78 is 0. The number of amides is 1. The van der Waals surface area contributed by atoms with Gasteiger partial charge >= 0.3 is 0 Å². The summed E-state index contributed by atoms with van der Waals surface area (Å²) in [5.41, 5.74) is -0.0686. The van der Waals surface area contributed by atoms with Crippen molar-refractivity contribution in [3.05, 3.63) is 11.6 Å². The number of hydrogen-bond acceptors (Lipinski definition) is 5. The first-order valence-electron chi connectivity index (χ1n) is 7.55. The molecule has 0 aliphatic carbocycles. The lowest BCUT2D eigenvalue weighted by Crippen LogP contribution is -2.57. The van der Waals surface area contributed by atoms with Crippen LogP contribution in [-0.4, -0.2) is 76.2 Å². The highest BCUT2D eigenvalue weighted by Gasteiger charge is 2.29. The maximum Gasteiger partial charge on any atom is 0.291 e. The topological polar surface area (TPSA) is 77.2 Å². The first-order chi connectivity index (χ1) is 9.92. The normalized spacial score (nSPS) is 17.9. The van der Waals surface area contributed by atoms with Gasteiger partial charge in [-0.3, -0.25) is 14.8 Å². The van der Waals surface area contributed by atoms with Crippen LogP contribution in [0, 0.1) is 0 Å². The molecule has 0 radical (unpaired) electrons. The van der Waals surface area contributed by atoms with Crippen LogP contribution >= 0.6 is 0 Å². The Morgan fingerprint density at radius 1 is 1.33 bits per heavy atom. The van der Waals surface area contributed by atoms with Crippen LogP contribution in [0.5, 0.6) is 0 Å². The third-order valence-corrected chi connectivity index (χ3v) is 4.11. The van der Waals surface area contributed by atoms with E-state index < -0.39 is 0 Å². The van der Waals surface area contributed by atoms with E-state index in [-0.39, 0.29) is 17.3 Å². The van der Waals surface area contributed by atoms with E-state index in [1.165, 1.54) is 0 Å². The first-order valence-corrected chi connectivity index (χ1v) is 7.55. The van der Waals surface area contributed by atoms with Gasteiger partial charge in [0.25, 0.3) is 5.91 Å². The molecule has 0 unspecified atom stereocenters. The van der Waals surface area contributed by atoms with Gasteiger partial charge < -0.3 is 10.2 Å². The zero-order chi connectivity index (χ0) is 15.5. The van der Waals surface area contributed by atoms with Gasteiger partial charge in [0.2, 0.25) is 5.82 Å².